The second kappa shape index (κ2) is 13.1. The Morgan fingerprint density at radius 2 is 1.87 bits per heavy atom. The minimum absolute atomic E-state index is 0.112. The maximum absolute atomic E-state index is 15.8. The number of anilines is 2. The smallest absolute Gasteiger partial charge is 0.193 e. The molecular weight excluding hydrogens is 583 g/mol. The summed E-state index contributed by atoms with van der Waals surface area (Å²) in [4.78, 5) is 29.9. The van der Waals surface area contributed by atoms with Crippen LogP contribution in [0, 0.1) is 19.7 Å². The van der Waals surface area contributed by atoms with Crippen molar-refractivity contribution in [2.24, 2.45) is 0 Å². The highest BCUT2D eigenvalue weighted by atomic mass is 19.1. The minimum atomic E-state index is -0.415. The van der Waals surface area contributed by atoms with Gasteiger partial charge >= 0.3 is 0 Å². The van der Waals surface area contributed by atoms with Crippen molar-refractivity contribution in [1.82, 2.24) is 19.4 Å². The highest BCUT2D eigenvalue weighted by Crippen LogP contribution is 2.38. The maximum atomic E-state index is 15.8. The van der Waals surface area contributed by atoms with Gasteiger partial charge in [-0.2, -0.15) is 0 Å². The molecule has 3 fully saturated rings. The summed E-state index contributed by atoms with van der Waals surface area (Å²) in [5.41, 5.74) is 6.05. The molecule has 0 unspecified atom stereocenters. The number of nitrogens with zero attached hydrogens (tertiary/aromatic N) is 6. The SMILES string of the molecule is Cc1ccc(N2CCC[C@H](N(Cc3ccnc(C)c3)Cc3cn(C4CC4)c4cc(N5CCO[C@@H](CO)C5)c(F)cc4c3=O)C2)cn1. The van der Waals surface area contributed by atoms with Crippen molar-refractivity contribution in [3.8, 4) is 0 Å². The van der Waals surface area contributed by atoms with Crippen molar-refractivity contribution in [2.75, 3.05) is 49.2 Å². The molecule has 1 saturated carbocycles. The van der Waals surface area contributed by atoms with E-state index in [0.29, 0.717) is 55.5 Å². The average molecular weight is 627 g/mol. The predicted molar refractivity (Wildman–Crippen MR) is 178 cm³/mol. The first-order valence-electron chi connectivity index (χ1n) is 16.5. The largest absolute Gasteiger partial charge is 0.394 e. The zero-order chi connectivity index (χ0) is 31.8. The number of hydrogen-bond donors (Lipinski definition) is 1. The van der Waals surface area contributed by atoms with Crippen LogP contribution in [0.15, 0.2) is 59.8 Å². The molecule has 0 radical (unpaired) electrons. The fourth-order valence-electron chi connectivity index (χ4n) is 7.08. The number of aliphatic hydroxyl groups excluding tert-OH is 1. The van der Waals surface area contributed by atoms with Crippen LogP contribution in [0.25, 0.3) is 10.9 Å². The minimum Gasteiger partial charge on any atom is -0.394 e. The maximum Gasteiger partial charge on any atom is 0.193 e. The molecule has 2 aliphatic heterocycles. The van der Waals surface area contributed by atoms with Gasteiger partial charge in [-0.3, -0.25) is 19.7 Å². The van der Waals surface area contributed by atoms with E-state index in [9.17, 15) is 9.90 Å². The van der Waals surface area contributed by atoms with E-state index in [2.05, 4.69) is 48.6 Å². The molecule has 9 nitrogen and oxygen atoms in total. The highest BCUT2D eigenvalue weighted by molar-refractivity contribution is 5.84. The molecule has 5 heterocycles. The van der Waals surface area contributed by atoms with E-state index in [-0.39, 0.29) is 24.2 Å². The Kier molecular flexibility index (Phi) is 8.76. The third-order valence-electron chi connectivity index (χ3n) is 9.69. The number of rotatable bonds is 9. The van der Waals surface area contributed by atoms with Gasteiger partial charge in [0.1, 0.15) is 5.82 Å². The van der Waals surface area contributed by atoms with Gasteiger partial charge < -0.3 is 24.2 Å². The van der Waals surface area contributed by atoms with E-state index in [1.807, 2.05) is 43.4 Å². The number of hydrogen-bond acceptors (Lipinski definition) is 8. The van der Waals surface area contributed by atoms with Gasteiger partial charge in [-0.25, -0.2) is 4.39 Å². The van der Waals surface area contributed by atoms with Gasteiger partial charge in [-0.15, -0.1) is 0 Å². The van der Waals surface area contributed by atoms with Gasteiger partial charge in [0.05, 0.1) is 42.4 Å². The summed E-state index contributed by atoms with van der Waals surface area (Å²) in [6.07, 6.45) is 9.63. The Balaban J connectivity index is 1.24. The van der Waals surface area contributed by atoms with Crippen LogP contribution in [0.5, 0.6) is 0 Å². The molecule has 1 aromatic carbocycles. The van der Waals surface area contributed by atoms with Crippen LogP contribution in [-0.4, -0.2) is 76.1 Å². The summed E-state index contributed by atoms with van der Waals surface area (Å²) in [6.45, 7) is 8.22. The van der Waals surface area contributed by atoms with Gasteiger partial charge in [0.25, 0.3) is 0 Å². The Morgan fingerprint density at radius 1 is 1.00 bits per heavy atom. The predicted octanol–water partition coefficient (Wildman–Crippen LogP) is 4.75. The lowest BCUT2D eigenvalue weighted by molar-refractivity contribution is 0.00341. The number of halogens is 1. The fourth-order valence-corrected chi connectivity index (χ4v) is 7.08. The van der Waals surface area contributed by atoms with Crippen LogP contribution in [0.3, 0.4) is 0 Å². The van der Waals surface area contributed by atoms with Gasteiger partial charge in [-0.1, -0.05) is 0 Å². The molecule has 0 bridgehead atoms. The molecule has 1 aliphatic carbocycles. The molecule has 1 N–H and O–H groups in total. The van der Waals surface area contributed by atoms with Crippen molar-refractivity contribution < 1.29 is 14.2 Å². The summed E-state index contributed by atoms with van der Waals surface area (Å²) in [5, 5.41) is 10.1. The molecule has 2 saturated heterocycles. The molecule has 4 aromatic rings. The summed E-state index contributed by atoms with van der Waals surface area (Å²) >= 11 is 0. The molecule has 3 aromatic heterocycles. The molecular formula is C36H43FN6O3. The van der Waals surface area contributed by atoms with Crippen LogP contribution < -0.4 is 15.2 Å². The molecule has 46 heavy (non-hydrogen) atoms. The monoisotopic (exact) mass is 626 g/mol. The number of fused-ring (bicyclic) bond motifs is 1. The number of morpholine rings is 1. The van der Waals surface area contributed by atoms with Crippen molar-refractivity contribution in [1.29, 1.82) is 0 Å². The number of pyridine rings is 3. The first-order valence-corrected chi connectivity index (χ1v) is 16.5. The molecule has 0 amide bonds. The van der Waals surface area contributed by atoms with Crippen LogP contribution in [0.2, 0.25) is 0 Å². The van der Waals surface area contributed by atoms with Crippen LogP contribution >= 0.6 is 0 Å². The van der Waals surface area contributed by atoms with E-state index in [4.69, 9.17) is 4.74 Å². The zero-order valence-corrected chi connectivity index (χ0v) is 26.7. The topological polar surface area (TPSA) is 87.0 Å². The van der Waals surface area contributed by atoms with E-state index >= 15 is 4.39 Å². The Bertz CT molecular complexity index is 1760. The van der Waals surface area contributed by atoms with Crippen LogP contribution in [0.4, 0.5) is 15.8 Å². The summed E-state index contributed by atoms with van der Waals surface area (Å²) < 4.78 is 23.6. The lowest BCUT2D eigenvalue weighted by Crippen LogP contribution is -2.48. The summed E-state index contributed by atoms with van der Waals surface area (Å²) in [5.74, 6) is -0.415. The van der Waals surface area contributed by atoms with E-state index in [1.54, 1.807) is 0 Å². The van der Waals surface area contributed by atoms with E-state index in [0.717, 1.165) is 66.9 Å². The van der Waals surface area contributed by atoms with E-state index < -0.39 is 5.82 Å². The Hall–Kier alpha value is -3.86. The number of benzene rings is 1. The van der Waals surface area contributed by atoms with Gasteiger partial charge in [0.15, 0.2) is 5.43 Å². The van der Waals surface area contributed by atoms with Gasteiger partial charge in [0, 0.05) is 86.1 Å². The number of piperidine rings is 1. The lowest BCUT2D eigenvalue weighted by atomic mass is 10.0. The summed E-state index contributed by atoms with van der Waals surface area (Å²) in [6, 6.07) is 12.1. The van der Waals surface area contributed by atoms with Crippen molar-refractivity contribution in [2.45, 2.75) is 70.8 Å². The zero-order valence-electron chi connectivity index (χ0n) is 26.7. The Labute approximate surface area is 269 Å². The third-order valence-corrected chi connectivity index (χ3v) is 9.69. The Morgan fingerprint density at radius 3 is 2.63 bits per heavy atom. The molecule has 3 aliphatic rings. The van der Waals surface area contributed by atoms with Crippen molar-refractivity contribution in [3.05, 3.63) is 93.5 Å². The van der Waals surface area contributed by atoms with Gasteiger partial charge in [-0.05, 0) is 81.5 Å². The number of aryl methyl sites for hydroxylation is 2. The number of aliphatic hydroxyl groups is 1. The van der Waals surface area contributed by atoms with E-state index in [1.165, 1.54) is 6.07 Å². The fraction of sp³-hybridized carbons (Fsp3) is 0.472. The molecule has 0 spiro atoms. The lowest BCUT2D eigenvalue weighted by Gasteiger charge is -2.40. The van der Waals surface area contributed by atoms with Crippen molar-refractivity contribution >= 4 is 22.3 Å². The van der Waals surface area contributed by atoms with Gasteiger partial charge in [0.2, 0.25) is 0 Å². The first kappa shape index (κ1) is 30.8. The molecule has 2 atom stereocenters. The number of aromatic nitrogens is 3. The second-order valence-electron chi connectivity index (χ2n) is 13.2. The standard InChI is InChI=1S/C36H43FN6O3/c1-24-5-6-29(17-39-24)40-11-3-4-30(21-40)42(18-26-9-10-38-25(2)14-26)19-27-20-43(28-7-8-28)34-16-35(33(37)15-32(34)36(27)45)41-12-13-46-31(22-41)23-44/h5-6,9-10,14-17,20,28,30-31,44H,3-4,7-8,11-13,18-19,21-23H2,1-2H3/t30-,31+/m0/s1. The normalized spacial score (nSPS) is 20.5. The molecule has 7 rings (SSSR count). The second-order valence-corrected chi connectivity index (χ2v) is 13.2. The van der Waals surface area contributed by atoms with Crippen LogP contribution in [0.1, 0.15) is 54.2 Å². The first-order chi connectivity index (χ1) is 22.4. The molecule has 10 heteroatoms. The number of ether oxygens (including phenoxy) is 1. The highest BCUT2D eigenvalue weighted by Gasteiger charge is 2.31. The quantitative estimate of drug-likeness (QED) is 0.285. The van der Waals surface area contributed by atoms with Crippen LogP contribution in [-0.2, 0) is 17.8 Å². The van der Waals surface area contributed by atoms with Crippen molar-refractivity contribution in [3.63, 3.8) is 0 Å². The molecule has 242 valence electrons. The third kappa shape index (κ3) is 6.52. The summed E-state index contributed by atoms with van der Waals surface area (Å²) in [7, 11) is 0. The average Bonchev–Trinajstić information content (AvgIpc) is 3.92.